The number of halogens is 1. The summed E-state index contributed by atoms with van der Waals surface area (Å²) in [6.45, 7) is 5.80. The van der Waals surface area contributed by atoms with Gasteiger partial charge in [-0.2, -0.15) is 5.10 Å². The van der Waals surface area contributed by atoms with E-state index in [2.05, 4.69) is 44.2 Å². The Morgan fingerprint density at radius 2 is 2.36 bits per heavy atom. The third-order valence-electron chi connectivity index (χ3n) is 3.95. The average molecular weight is 412 g/mol. The van der Waals surface area contributed by atoms with Crippen LogP contribution < -0.4 is 5.73 Å². The molecule has 1 fully saturated rings. The van der Waals surface area contributed by atoms with Gasteiger partial charge in [-0.25, -0.2) is 14.6 Å². The van der Waals surface area contributed by atoms with E-state index >= 15 is 0 Å². The standard InChI is InChI=1S/C14H17IN6O/c1-2-10(22)20-5-3-4-9(6-20)7-21-14-11(12(15)19-21)13(16)17-8-18-14/h2,8-9H,1,3-7H2,(H2,16,17,18). The smallest absolute Gasteiger partial charge is 0.245 e. The number of fused-ring (bicyclic) bond motifs is 1. The van der Waals surface area contributed by atoms with E-state index in [1.165, 1.54) is 12.4 Å². The number of nitrogens with two attached hydrogens (primary N) is 1. The number of hydrogen-bond donors (Lipinski definition) is 1. The number of rotatable bonds is 3. The highest BCUT2D eigenvalue weighted by Crippen LogP contribution is 2.25. The van der Waals surface area contributed by atoms with E-state index in [4.69, 9.17) is 5.73 Å². The number of amides is 1. The number of piperidine rings is 1. The molecule has 116 valence electrons. The molecule has 0 saturated carbocycles. The molecule has 7 nitrogen and oxygen atoms in total. The molecule has 2 aromatic heterocycles. The Kier molecular flexibility index (Phi) is 4.27. The first kappa shape index (κ1) is 15.2. The number of aromatic nitrogens is 4. The van der Waals surface area contributed by atoms with Gasteiger partial charge in [0.25, 0.3) is 0 Å². The fourth-order valence-electron chi connectivity index (χ4n) is 2.90. The van der Waals surface area contributed by atoms with E-state index in [0.29, 0.717) is 11.7 Å². The summed E-state index contributed by atoms with van der Waals surface area (Å²) < 4.78 is 2.68. The maximum atomic E-state index is 11.8. The summed E-state index contributed by atoms with van der Waals surface area (Å²) in [6, 6.07) is 0. The number of likely N-dealkylation sites (tertiary alicyclic amines) is 1. The molecule has 2 aromatic rings. The van der Waals surface area contributed by atoms with Crippen LogP contribution in [-0.2, 0) is 11.3 Å². The van der Waals surface area contributed by atoms with Crippen molar-refractivity contribution in [3.63, 3.8) is 0 Å². The zero-order valence-electron chi connectivity index (χ0n) is 12.1. The molecule has 2 N–H and O–H groups in total. The topological polar surface area (TPSA) is 89.9 Å². The van der Waals surface area contributed by atoms with E-state index in [1.54, 1.807) is 0 Å². The lowest BCUT2D eigenvalue weighted by Gasteiger charge is -2.32. The van der Waals surface area contributed by atoms with Gasteiger partial charge in [-0.05, 0) is 47.4 Å². The molecule has 0 radical (unpaired) electrons. The third kappa shape index (κ3) is 2.79. The second-order valence-electron chi connectivity index (χ2n) is 5.43. The van der Waals surface area contributed by atoms with Crippen molar-refractivity contribution < 1.29 is 4.79 Å². The highest BCUT2D eigenvalue weighted by molar-refractivity contribution is 14.1. The van der Waals surface area contributed by atoms with Gasteiger partial charge in [-0.15, -0.1) is 0 Å². The van der Waals surface area contributed by atoms with Crippen LogP contribution in [0.3, 0.4) is 0 Å². The fourth-order valence-corrected chi connectivity index (χ4v) is 3.68. The Bertz CT molecular complexity index is 727. The minimum absolute atomic E-state index is 0.00354. The summed E-state index contributed by atoms with van der Waals surface area (Å²) in [5.41, 5.74) is 6.66. The van der Waals surface area contributed by atoms with Crippen molar-refractivity contribution in [1.29, 1.82) is 0 Å². The largest absolute Gasteiger partial charge is 0.383 e. The Morgan fingerprint density at radius 1 is 1.55 bits per heavy atom. The van der Waals surface area contributed by atoms with Gasteiger partial charge in [0.15, 0.2) is 5.65 Å². The number of carbonyl (C=O) groups is 1. The second-order valence-corrected chi connectivity index (χ2v) is 6.45. The Hall–Kier alpha value is -1.71. The van der Waals surface area contributed by atoms with Crippen molar-refractivity contribution in [2.45, 2.75) is 19.4 Å². The molecule has 8 heteroatoms. The van der Waals surface area contributed by atoms with Crippen molar-refractivity contribution >= 4 is 45.3 Å². The quantitative estimate of drug-likeness (QED) is 0.609. The molecule has 1 unspecified atom stereocenters. The number of carbonyl (C=O) groups excluding carboxylic acids is 1. The molecule has 1 saturated heterocycles. The molecule has 1 aliphatic rings. The summed E-state index contributed by atoms with van der Waals surface area (Å²) >= 11 is 2.15. The van der Waals surface area contributed by atoms with Crippen LogP contribution in [0.4, 0.5) is 5.82 Å². The first-order chi connectivity index (χ1) is 10.6. The van der Waals surface area contributed by atoms with Gasteiger partial charge in [0.05, 0.1) is 5.39 Å². The van der Waals surface area contributed by atoms with Crippen LogP contribution in [0.2, 0.25) is 0 Å². The summed E-state index contributed by atoms with van der Waals surface area (Å²) in [5, 5.41) is 5.34. The van der Waals surface area contributed by atoms with E-state index in [1.807, 2.05) is 9.58 Å². The van der Waals surface area contributed by atoms with Crippen LogP contribution >= 0.6 is 22.6 Å². The lowest BCUT2D eigenvalue weighted by molar-refractivity contribution is -0.127. The molecular weight excluding hydrogens is 395 g/mol. The van der Waals surface area contributed by atoms with Gasteiger partial charge in [-0.3, -0.25) is 4.79 Å². The van der Waals surface area contributed by atoms with E-state index in [0.717, 1.165) is 47.2 Å². The van der Waals surface area contributed by atoms with Gasteiger partial charge in [0.1, 0.15) is 15.8 Å². The predicted octanol–water partition coefficient (Wildman–Crippen LogP) is 1.44. The van der Waals surface area contributed by atoms with Crippen LogP contribution in [0.1, 0.15) is 12.8 Å². The van der Waals surface area contributed by atoms with Gasteiger partial charge in [0.2, 0.25) is 5.91 Å². The molecule has 1 atom stereocenters. The molecule has 1 amide bonds. The molecule has 3 heterocycles. The van der Waals surface area contributed by atoms with Crippen molar-refractivity contribution in [3.05, 3.63) is 22.7 Å². The van der Waals surface area contributed by atoms with Gasteiger partial charge >= 0.3 is 0 Å². The number of nitrogen functional groups attached to an aromatic ring is 1. The Labute approximate surface area is 141 Å². The second kappa shape index (κ2) is 6.19. The van der Waals surface area contributed by atoms with E-state index < -0.39 is 0 Å². The fraction of sp³-hybridized carbons (Fsp3) is 0.429. The van der Waals surface area contributed by atoms with Gasteiger partial charge in [-0.1, -0.05) is 6.58 Å². The van der Waals surface area contributed by atoms with E-state index in [9.17, 15) is 4.79 Å². The molecule has 1 aliphatic heterocycles. The summed E-state index contributed by atoms with van der Waals surface area (Å²) in [4.78, 5) is 21.9. The van der Waals surface area contributed by atoms with Crippen LogP contribution in [-0.4, -0.2) is 43.6 Å². The monoisotopic (exact) mass is 412 g/mol. The summed E-state index contributed by atoms with van der Waals surface area (Å²) in [7, 11) is 0. The van der Waals surface area contributed by atoms with Crippen LogP contribution in [0, 0.1) is 9.62 Å². The minimum atomic E-state index is -0.00354. The number of anilines is 1. The Balaban J connectivity index is 1.83. The SMILES string of the molecule is C=CC(=O)N1CCCC(Cn2nc(I)c3c(N)ncnc32)C1. The maximum Gasteiger partial charge on any atom is 0.245 e. The van der Waals surface area contributed by atoms with E-state index in [-0.39, 0.29) is 5.91 Å². The third-order valence-corrected chi connectivity index (χ3v) is 4.71. The first-order valence-corrected chi connectivity index (χ1v) is 8.22. The van der Waals surface area contributed by atoms with Crippen LogP contribution in [0.25, 0.3) is 11.0 Å². The molecule has 3 rings (SSSR count). The molecule has 0 aliphatic carbocycles. The minimum Gasteiger partial charge on any atom is -0.383 e. The van der Waals surface area contributed by atoms with Crippen molar-refractivity contribution in [2.75, 3.05) is 18.8 Å². The maximum absolute atomic E-state index is 11.8. The predicted molar refractivity (Wildman–Crippen MR) is 92.0 cm³/mol. The van der Waals surface area contributed by atoms with Crippen molar-refractivity contribution in [1.82, 2.24) is 24.6 Å². The molecule has 22 heavy (non-hydrogen) atoms. The zero-order valence-corrected chi connectivity index (χ0v) is 14.2. The van der Waals surface area contributed by atoms with Crippen LogP contribution in [0.5, 0.6) is 0 Å². The lowest BCUT2D eigenvalue weighted by atomic mass is 9.98. The molecule has 0 bridgehead atoms. The highest BCUT2D eigenvalue weighted by atomic mass is 127. The molecule has 0 aromatic carbocycles. The van der Waals surface area contributed by atoms with Crippen LogP contribution in [0.15, 0.2) is 19.0 Å². The van der Waals surface area contributed by atoms with Crippen molar-refractivity contribution in [2.24, 2.45) is 5.92 Å². The van der Waals surface area contributed by atoms with Crippen molar-refractivity contribution in [3.8, 4) is 0 Å². The number of nitrogens with zero attached hydrogens (tertiary/aromatic N) is 5. The number of hydrogen-bond acceptors (Lipinski definition) is 5. The molecular formula is C14H17IN6O. The molecule has 0 spiro atoms. The van der Waals surface area contributed by atoms with Gasteiger partial charge < -0.3 is 10.6 Å². The summed E-state index contributed by atoms with van der Waals surface area (Å²) in [6.07, 6.45) is 4.90. The summed E-state index contributed by atoms with van der Waals surface area (Å²) in [5.74, 6) is 0.802. The average Bonchev–Trinajstić information content (AvgIpc) is 2.84. The first-order valence-electron chi connectivity index (χ1n) is 7.14. The lowest BCUT2D eigenvalue weighted by Crippen LogP contribution is -2.40. The zero-order chi connectivity index (χ0) is 15.7. The normalized spacial score (nSPS) is 18.6. The highest BCUT2D eigenvalue weighted by Gasteiger charge is 2.24. The Morgan fingerprint density at radius 3 is 3.14 bits per heavy atom. The van der Waals surface area contributed by atoms with Gasteiger partial charge in [0, 0.05) is 19.6 Å².